The van der Waals surface area contributed by atoms with Gasteiger partial charge in [-0.3, -0.25) is 9.79 Å². The summed E-state index contributed by atoms with van der Waals surface area (Å²) in [4.78, 5) is 15.8. The van der Waals surface area contributed by atoms with Gasteiger partial charge in [-0.15, -0.1) is 24.0 Å². The largest absolute Gasteiger partial charge is 0.494 e. The molecule has 0 fully saturated rings. The van der Waals surface area contributed by atoms with Crippen LogP contribution in [0.4, 0.5) is 4.39 Å². The average molecular weight is 466 g/mol. The van der Waals surface area contributed by atoms with Gasteiger partial charge in [0.05, 0.1) is 13.2 Å². The predicted octanol–water partition coefficient (Wildman–Crippen LogP) is 2.29. The highest BCUT2D eigenvalue weighted by atomic mass is 127. The van der Waals surface area contributed by atoms with E-state index >= 15 is 0 Å². The zero-order valence-electron chi connectivity index (χ0n) is 15.2. The molecule has 6 nitrogen and oxygen atoms in total. The number of nitrogens with one attached hydrogen (secondary N) is 3. The average Bonchev–Trinajstić information content (AvgIpc) is 2.50. The minimum absolute atomic E-state index is 0. The number of hydrogen-bond donors (Lipinski definition) is 3. The molecule has 0 radical (unpaired) electrons. The van der Waals surface area contributed by atoms with Gasteiger partial charge in [0, 0.05) is 19.1 Å². The molecule has 0 saturated carbocycles. The Kier molecular flexibility index (Phi) is 11.1. The van der Waals surface area contributed by atoms with E-state index in [0.29, 0.717) is 24.9 Å². The van der Waals surface area contributed by atoms with Gasteiger partial charge >= 0.3 is 0 Å². The number of halogens is 2. The maximum Gasteiger partial charge on any atom is 0.239 e. The van der Waals surface area contributed by atoms with Crippen LogP contribution in [0.5, 0.6) is 5.75 Å². The van der Waals surface area contributed by atoms with Crippen molar-refractivity contribution in [2.24, 2.45) is 4.99 Å². The Balaban J connectivity index is 0.00000576. The van der Waals surface area contributed by atoms with Crippen molar-refractivity contribution in [3.63, 3.8) is 0 Å². The molecule has 1 aromatic rings. The lowest BCUT2D eigenvalue weighted by molar-refractivity contribution is -0.121. The van der Waals surface area contributed by atoms with Crippen molar-refractivity contribution in [1.29, 1.82) is 0 Å². The van der Waals surface area contributed by atoms with Gasteiger partial charge in [-0.1, -0.05) is 0 Å². The summed E-state index contributed by atoms with van der Waals surface area (Å²) in [5, 5.41) is 8.92. The molecule has 0 aliphatic heterocycles. The molecule has 25 heavy (non-hydrogen) atoms. The standard InChI is InChI=1S/C17H27FN4O2.HI/c1-17(2,3)22-15(23)12-21-16(19-4)20-10-5-11-24-14-8-6-13(18)7-9-14;/h6-9H,5,10-12H2,1-4H3,(H,22,23)(H2,19,20,21);1H. The summed E-state index contributed by atoms with van der Waals surface area (Å²) in [7, 11) is 1.64. The van der Waals surface area contributed by atoms with Crippen LogP contribution >= 0.6 is 24.0 Å². The SMILES string of the molecule is CN=C(NCCCOc1ccc(F)cc1)NCC(=O)NC(C)(C)C.I. The van der Waals surface area contributed by atoms with Gasteiger partial charge in [-0.25, -0.2) is 4.39 Å². The predicted molar refractivity (Wildman–Crippen MR) is 109 cm³/mol. The van der Waals surface area contributed by atoms with E-state index in [2.05, 4.69) is 20.9 Å². The summed E-state index contributed by atoms with van der Waals surface area (Å²) in [5.74, 6) is 0.818. The Morgan fingerprint density at radius 2 is 1.84 bits per heavy atom. The molecular formula is C17H28FIN4O2. The van der Waals surface area contributed by atoms with Crippen LogP contribution < -0.4 is 20.7 Å². The molecule has 0 heterocycles. The summed E-state index contributed by atoms with van der Waals surface area (Å²) in [6, 6.07) is 5.91. The number of aliphatic imine (C=N–C) groups is 1. The second-order valence-electron chi connectivity index (χ2n) is 6.31. The zero-order chi connectivity index (χ0) is 18.0. The molecule has 0 aliphatic carbocycles. The molecule has 0 aromatic heterocycles. The van der Waals surface area contributed by atoms with Crippen LogP contribution in [-0.4, -0.2) is 44.1 Å². The molecule has 1 amide bonds. The zero-order valence-corrected chi connectivity index (χ0v) is 17.5. The van der Waals surface area contributed by atoms with Crippen LogP contribution in [0.25, 0.3) is 0 Å². The number of amides is 1. The first kappa shape index (κ1) is 23.4. The summed E-state index contributed by atoms with van der Waals surface area (Å²) >= 11 is 0. The highest BCUT2D eigenvalue weighted by Crippen LogP contribution is 2.10. The Bertz CT molecular complexity index is 545. The number of carbonyl (C=O) groups is 1. The molecule has 1 aromatic carbocycles. The van der Waals surface area contributed by atoms with Crippen LogP contribution in [0.2, 0.25) is 0 Å². The number of benzene rings is 1. The first-order valence-electron chi connectivity index (χ1n) is 7.94. The molecule has 0 aliphatic rings. The fourth-order valence-electron chi connectivity index (χ4n) is 1.85. The number of rotatable bonds is 7. The van der Waals surface area contributed by atoms with E-state index < -0.39 is 0 Å². The van der Waals surface area contributed by atoms with Gasteiger partial charge in [-0.05, 0) is 51.5 Å². The second kappa shape index (κ2) is 11.9. The molecule has 3 N–H and O–H groups in total. The molecule has 0 atom stereocenters. The second-order valence-corrected chi connectivity index (χ2v) is 6.31. The van der Waals surface area contributed by atoms with E-state index in [9.17, 15) is 9.18 Å². The van der Waals surface area contributed by atoms with Gasteiger partial charge in [0.2, 0.25) is 5.91 Å². The van der Waals surface area contributed by atoms with Gasteiger partial charge < -0.3 is 20.7 Å². The number of hydrogen-bond acceptors (Lipinski definition) is 3. The number of ether oxygens (including phenoxy) is 1. The Morgan fingerprint density at radius 1 is 1.20 bits per heavy atom. The van der Waals surface area contributed by atoms with Gasteiger partial charge in [0.25, 0.3) is 0 Å². The summed E-state index contributed by atoms with van der Waals surface area (Å²) in [6.07, 6.45) is 0.742. The van der Waals surface area contributed by atoms with Gasteiger partial charge in [0.15, 0.2) is 5.96 Å². The number of nitrogens with zero attached hydrogens (tertiary/aromatic N) is 1. The molecule has 8 heteroatoms. The van der Waals surface area contributed by atoms with E-state index in [-0.39, 0.29) is 47.8 Å². The number of guanidine groups is 1. The number of carbonyl (C=O) groups excluding carboxylic acids is 1. The normalized spacial score (nSPS) is 11.3. The Morgan fingerprint density at radius 3 is 2.40 bits per heavy atom. The molecule has 0 spiro atoms. The summed E-state index contributed by atoms with van der Waals surface area (Å²) in [6.45, 7) is 7.09. The van der Waals surface area contributed by atoms with Gasteiger partial charge in [-0.2, -0.15) is 0 Å². The quantitative estimate of drug-likeness (QED) is 0.250. The maximum absolute atomic E-state index is 12.8. The molecule has 0 bridgehead atoms. The third kappa shape index (κ3) is 11.6. The smallest absolute Gasteiger partial charge is 0.239 e. The first-order chi connectivity index (χ1) is 11.3. The molecular weight excluding hydrogens is 438 g/mol. The lowest BCUT2D eigenvalue weighted by Crippen LogP contribution is -2.48. The fraction of sp³-hybridized carbons (Fsp3) is 0.529. The Hall–Kier alpha value is -1.58. The van der Waals surface area contributed by atoms with E-state index in [1.807, 2.05) is 20.8 Å². The fourth-order valence-corrected chi connectivity index (χ4v) is 1.85. The minimum Gasteiger partial charge on any atom is -0.494 e. The summed E-state index contributed by atoms with van der Waals surface area (Å²) in [5.41, 5.74) is -0.257. The van der Waals surface area contributed by atoms with E-state index in [1.54, 1.807) is 19.2 Å². The van der Waals surface area contributed by atoms with E-state index in [0.717, 1.165) is 6.42 Å². The van der Waals surface area contributed by atoms with Crippen LogP contribution in [0, 0.1) is 5.82 Å². The molecule has 1 rings (SSSR count). The van der Waals surface area contributed by atoms with Crippen molar-refractivity contribution in [3.8, 4) is 5.75 Å². The highest BCUT2D eigenvalue weighted by molar-refractivity contribution is 14.0. The highest BCUT2D eigenvalue weighted by Gasteiger charge is 2.13. The Labute approximate surface area is 166 Å². The van der Waals surface area contributed by atoms with Crippen LogP contribution in [-0.2, 0) is 4.79 Å². The lowest BCUT2D eigenvalue weighted by Gasteiger charge is -2.21. The van der Waals surface area contributed by atoms with Crippen molar-refractivity contribution in [3.05, 3.63) is 30.1 Å². The van der Waals surface area contributed by atoms with Crippen LogP contribution in [0.15, 0.2) is 29.3 Å². The van der Waals surface area contributed by atoms with E-state index in [1.165, 1.54) is 12.1 Å². The van der Waals surface area contributed by atoms with Crippen molar-refractivity contribution >= 4 is 35.8 Å². The molecule has 0 unspecified atom stereocenters. The topological polar surface area (TPSA) is 74.8 Å². The van der Waals surface area contributed by atoms with Gasteiger partial charge in [0.1, 0.15) is 11.6 Å². The summed E-state index contributed by atoms with van der Waals surface area (Å²) < 4.78 is 18.3. The van der Waals surface area contributed by atoms with E-state index in [4.69, 9.17) is 4.74 Å². The molecule has 142 valence electrons. The van der Waals surface area contributed by atoms with Crippen molar-refractivity contribution in [2.45, 2.75) is 32.7 Å². The maximum atomic E-state index is 12.8. The minimum atomic E-state index is -0.283. The first-order valence-corrected chi connectivity index (χ1v) is 7.94. The van der Waals surface area contributed by atoms with Crippen molar-refractivity contribution < 1.29 is 13.9 Å². The monoisotopic (exact) mass is 466 g/mol. The van der Waals surface area contributed by atoms with Crippen molar-refractivity contribution in [1.82, 2.24) is 16.0 Å². The molecule has 0 saturated heterocycles. The third-order valence-corrected chi connectivity index (χ3v) is 2.85. The lowest BCUT2D eigenvalue weighted by atomic mass is 10.1. The van der Waals surface area contributed by atoms with Crippen molar-refractivity contribution in [2.75, 3.05) is 26.7 Å². The third-order valence-electron chi connectivity index (χ3n) is 2.85. The van der Waals surface area contributed by atoms with Crippen LogP contribution in [0.1, 0.15) is 27.2 Å². The van der Waals surface area contributed by atoms with Crippen LogP contribution in [0.3, 0.4) is 0 Å².